The normalized spacial score (nSPS) is 11.3. The zero-order valence-electron chi connectivity index (χ0n) is 26.4. The van der Waals surface area contributed by atoms with Gasteiger partial charge in [0.2, 0.25) is 11.5 Å². The molecule has 14 nitrogen and oxygen atoms in total. The van der Waals surface area contributed by atoms with Gasteiger partial charge in [-0.3, -0.25) is 9.59 Å². The average Bonchev–Trinajstić information content (AvgIpc) is 3.75. The molecule has 0 amide bonds. The average molecular weight is 791 g/mol. The second kappa shape index (κ2) is 24.7. The van der Waals surface area contributed by atoms with Gasteiger partial charge in [-0.15, -0.1) is 10.2 Å². The number of carbonyl (C=O) groups is 3. The fourth-order valence-corrected chi connectivity index (χ4v) is 4.47. The van der Waals surface area contributed by atoms with Crippen LogP contribution < -0.4 is 0 Å². The van der Waals surface area contributed by atoms with Crippen LogP contribution in [0, 0.1) is 13.8 Å². The van der Waals surface area contributed by atoms with Crippen molar-refractivity contribution in [2.24, 2.45) is 0 Å². The Balaban J connectivity index is 0. The van der Waals surface area contributed by atoms with Gasteiger partial charge in [0.1, 0.15) is 5.51 Å². The predicted molar refractivity (Wildman–Crippen MR) is 151 cm³/mol. The van der Waals surface area contributed by atoms with E-state index in [1.807, 2.05) is 20.8 Å². The van der Waals surface area contributed by atoms with Gasteiger partial charge in [0.05, 0.1) is 38.4 Å². The fourth-order valence-electron chi connectivity index (χ4n) is 3.89. The van der Waals surface area contributed by atoms with Gasteiger partial charge < -0.3 is 33.1 Å². The van der Waals surface area contributed by atoms with Crippen molar-refractivity contribution in [1.29, 1.82) is 0 Å². The van der Waals surface area contributed by atoms with Gasteiger partial charge >= 0.3 is 17.9 Å². The number of carboxylic acid groups (broad SMARTS) is 1. The van der Waals surface area contributed by atoms with Crippen LogP contribution in [-0.4, -0.2) is 85.2 Å². The molecule has 0 aromatic carbocycles. The maximum Gasteiger partial charge on any atom is 0.375 e. The van der Waals surface area contributed by atoms with Crippen LogP contribution in [0.5, 0.6) is 0 Å². The molecule has 0 saturated carbocycles. The van der Waals surface area contributed by atoms with Gasteiger partial charge in [-0.05, 0) is 26.7 Å². The van der Waals surface area contributed by atoms with Gasteiger partial charge in [0.15, 0.2) is 5.01 Å². The standard InChI is InChI=1S/C13H17N3O4S.C12H17NO6.C2H6.2Y/c1-8-11(9(4-5-18-2)6-10(17)19-3)16-20-12(8)13-15-14-7-21-13;1-7-10(13-19-11(7)12(15)16)8(4-5-17-2)6-9(14)18-3;1-2;;/h7,9H,4-6H2,1-3H3;8H,4-6H2,1-3H3,(H,15,16);1-2H3;;. The van der Waals surface area contributed by atoms with Crippen molar-refractivity contribution in [1.82, 2.24) is 20.5 Å². The number of aromatic carboxylic acids is 1. The number of ether oxygens (including phenoxy) is 4. The van der Waals surface area contributed by atoms with E-state index in [0.29, 0.717) is 48.1 Å². The Hall–Kier alpha value is -1.48. The monoisotopic (exact) mass is 790 g/mol. The summed E-state index contributed by atoms with van der Waals surface area (Å²) >= 11 is 1.38. The third-order valence-corrected chi connectivity index (χ3v) is 6.75. The molecular formula is C27H40N4O10SY2. The van der Waals surface area contributed by atoms with Crippen molar-refractivity contribution < 1.29 is 113 Å². The summed E-state index contributed by atoms with van der Waals surface area (Å²) in [6, 6.07) is 0. The van der Waals surface area contributed by atoms with E-state index in [1.165, 1.54) is 25.6 Å². The molecule has 3 aromatic heterocycles. The van der Waals surface area contributed by atoms with Crippen LogP contribution in [0.25, 0.3) is 10.8 Å². The minimum absolute atomic E-state index is 0. The summed E-state index contributed by atoms with van der Waals surface area (Å²) in [6.07, 6.45) is 1.53. The molecule has 0 spiro atoms. The Labute approximate surface area is 311 Å². The summed E-state index contributed by atoms with van der Waals surface area (Å²) in [5.74, 6) is -1.86. The summed E-state index contributed by atoms with van der Waals surface area (Å²) in [4.78, 5) is 33.8. The van der Waals surface area contributed by atoms with Crippen LogP contribution in [0.15, 0.2) is 14.6 Å². The first kappa shape index (κ1) is 44.6. The van der Waals surface area contributed by atoms with Crippen LogP contribution in [0.3, 0.4) is 0 Å². The van der Waals surface area contributed by atoms with E-state index < -0.39 is 5.97 Å². The zero-order valence-corrected chi connectivity index (χ0v) is 32.9. The van der Waals surface area contributed by atoms with Crippen LogP contribution in [-0.2, 0) is 94.0 Å². The van der Waals surface area contributed by atoms with Gasteiger partial charge in [-0.25, -0.2) is 4.79 Å². The molecule has 3 heterocycles. The van der Waals surface area contributed by atoms with Crippen molar-refractivity contribution in [2.75, 3.05) is 41.7 Å². The fraction of sp³-hybridized carbons (Fsp3) is 0.593. The summed E-state index contributed by atoms with van der Waals surface area (Å²) in [5, 5.41) is 25.2. The molecule has 2 radical (unpaired) electrons. The first-order chi connectivity index (χ1) is 20.2. The molecule has 2 atom stereocenters. The van der Waals surface area contributed by atoms with Crippen molar-refractivity contribution in [3.05, 3.63) is 33.8 Å². The molecule has 0 bridgehead atoms. The number of hydrogen-bond acceptors (Lipinski definition) is 14. The van der Waals surface area contributed by atoms with Gasteiger partial charge in [0.25, 0.3) is 0 Å². The maximum atomic E-state index is 11.6. The van der Waals surface area contributed by atoms with Crippen molar-refractivity contribution in [2.45, 2.75) is 65.2 Å². The second-order valence-electron chi connectivity index (χ2n) is 8.61. The summed E-state index contributed by atoms with van der Waals surface area (Å²) in [5.41, 5.74) is 4.13. The molecule has 44 heavy (non-hydrogen) atoms. The first-order valence-corrected chi connectivity index (χ1v) is 14.1. The van der Waals surface area contributed by atoms with E-state index in [4.69, 9.17) is 28.4 Å². The molecule has 0 aliphatic heterocycles. The first-order valence-electron chi connectivity index (χ1n) is 13.2. The van der Waals surface area contributed by atoms with E-state index >= 15 is 0 Å². The smallest absolute Gasteiger partial charge is 0.375 e. The molecule has 3 aromatic rings. The van der Waals surface area contributed by atoms with Crippen LogP contribution >= 0.6 is 11.3 Å². The number of esters is 2. The Bertz CT molecular complexity index is 1240. The van der Waals surface area contributed by atoms with E-state index in [0.717, 1.165) is 11.3 Å². The second-order valence-corrected chi connectivity index (χ2v) is 9.44. The van der Waals surface area contributed by atoms with Crippen LogP contribution in [0.4, 0.5) is 0 Å². The van der Waals surface area contributed by atoms with Gasteiger partial charge in [-0.2, -0.15) is 0 Å². The van der Waals surface area contributed by atoms with Gasteiger partial charge in [0, 0.05) is 116 Å². The molecule has 2 unspecified atom stereocenters. The Kier molecular flexibility index (Phi) is 25.1. The predicted octanol–water partition coefficient (Wildman–Crippen LogP) is 4.57. The number of nitrogens with zero attached hydrogens (tertiary/aromatic N) is 4. The quantitative estimate of drug-likeness (QED) is 0.224. The molecule has 0 aliphatic carbocycles. The Morgan fingerprint density at radius 3 is 1.70 bits per heavy atom. The molecule has 3 rings (SSSR count). The number of carboxylic acids is 1. The van der Waals surface area contributed by atoms with E-state index in [-0.39, 0.29) is 108 Å². The largest absolute Gasteiger partial charge is 0.475 e. The van der Waals surface area contributed by atoms with Crippen LogP contribution in [0.1, 0.15) is 84.4 Å². The number of methoxy groups -OCH3 is 4. The van der Waals surface area contributed by atoms with E-state index in [9.17, 15) is 14.4 Å². The van der Waals surface area contributed by atoms with E-state index in [2.05, 4.69) is 25.2 Å². The molecule has 0 saturated heterocycles. The zero-order chi connectivity index (χ0) is 31.7. The van der Waals surface area contributed by atoms with Crippen LogP contribution in [0.2, 0.25) is 0 Å². The van der Waals surface area contributed by atoms with E-state index in [1.54, 1.807) is 26.7 Å². The third kappa shape index (κ3) is 13.9. The van der Waals surface area contributed by atoms with Crippen molar-refractivity contribution in [3.8, 4) is 10.8 Å². The SMILES string of the molecule is CC.COCCC(CC(=O)OC)c1noc(-c2nncs2)c1C.COCCC(CC(=O)OC)c1noc(C(=O)O)c1C.[Y].[Y]. The number of carbonyl (C=O) groups excluding carboxylic acids is 2. The third-order valence-electron chi connectivity index (χ3n) is 6.06. The molecule has 1 N–H and O–H groups in total. The summed E-state index contributed by atoms with van der Waals surface area (Å²) in [7, 11) is 5.84. The van der Waals surface area contributed by atoms with Gasteiger partial charge in [-0.1, -0.05) is 35.5 Å². The summed E-state index contributed by atoms with van der Waals surface area (Å²) < 4.78 is 29.6. The topological polar surface area (TPSA) is 186 Å². The Morgan fingerprint density at radius 1 is 0.841 bits per heavy atom. The number of aromatic nitrogens is 4. The molecule has 240 valence electrons. The minimum Gasteiger partial charge on any atom is -0.475 e. The minimum atomic E-state index is -1.18. The van der Waals surface area contributed by atoms with Crippen molar-refractivity contribution >= 4 is 29.2 Å². The number of rotatable bonds is 14. The molecule has 17 heteroatoms. The molecular weight excluding hydrogens is 750 g/mol. The summed E-state index contributed by atoms with van der Waals surface area (Å²) in [6.45, 7) is 8.46. The van der Waals surface area contributed by atoms with Crippen molar-refractivity contribution in [3.63, 3.8) is 0 Å². The molecule has 0 fully saturated rings. The number of hydrogen-bond donors (Lipinski definition) is 1. The maximum absolute atomic E-state index is 11.6. The molecule has 0 aliphatic rings. The Morgan fingerprint density at radius 2 is 1.32 bits per heavy atom.